The summed E-state index contributed by atoms with van der Waals surface area (Å²) in [4.78, 5) is 8.99. The number of hydrogen-bond acceptors (Lipinski definition) is 6. The van der Waals surface area contributed by atoms with Crippen LogP contribution in [0.3, 0.4) is 0 Å². The Morgan fingerprint density at radius 1 is 0.969 bits per heavy atom. The minimum Gasteiger partial charge on any atom is -0.392 e. The first-order valence-electron chi connectivity index (χ1n) is 10.9. The molecule has 0 radical (unpaired) electrons. The van der Waals surface area contributed by atoms with E-state index < -0.39 is 11.6 Å². The average molecular weight is 440 g/mol. The molecule has 1 aromatic heterocycles. The number of anilines is 3. The maximum atomic E-state index is 13.5. The summed E-state index contributed by atoms with van der Waals surface area (Å²) in [6.07, 6.45) is 3.16. The van der Waals surface area contributed by atoms with Gasteiger partial charge in [-0.15, -0.1) is 5.10 Å². The number of aryl methyl sites for hydroxylation is 1. The van der Waals surface area contributed by atoms with Crippen LogP contribution in [0.2, 0.25) is 0 Å². The second-order valence-electron chi connectivity index (χ2n) is 8.65. The molecule has 0 saturated carbocycles. The zero-order valence-corrected chi connectivity index (χ0v) is 17.9. The lowest BCUT2D eigenvalue weighted by Crippen LogP contribution is -2.36. The fraction of sp³-hybridized carbons (Fsp3) is 0.391. The van der Waals surface area contributed by atoms with Crippen molar-refractivity contribution >= 4 is 17.3 Å². The highest BCUT2D eigenvalue weighted by Crippen LogP contribution is 2.29. The molecule has 2 N–H and O–H groups in total. The summed E-state index contributed by atoms with van der Waals surface area (Å²) in [5.74, 6) is -0.988. The predicted molar refractivity (Wildman–Crippen MR) is 119 cm³/mol. The molecule has 2 unspecified atom stereocenters. The van der Waals surface area contributed by atoms with Gasteiger partial charge in [-0.3, -0.25) is 4.90 Å². The largest absolute Gasteiger partial charge is 0.392 e. The van der Waals surface area contributed by atoms with Gasteiger partial charge in [-0.25, -0.2) is 13.5 Å². The van der Waals surface area contributed by atoms with Crippen molar-refractivity contribution in [1.29, 1.82) is 0 Å². The van der Waals surface area contributed by atoms with Crippen molar-refractivity contribution in [1.82, 2.24) is 19.7 Å². The number of benzene rings is 2. The van der Waals surface area contributed by atoms with Crippen molar-refractivity contribution < 1.29 is 13.9 Å². The average Bonchev–Trinajstić information content (AvgIpc) is 3.47. The first-order valence-corrected chi connectivity index (χ1v) is 10.9. The summed E-state index contributed by atoms with van der Waals surface area (Å²) >= 11 is 0. The Morgan fingerprint density at radius 3 is 2.53 bits per heavy atom. The maximum Gasteiger partial charge on any atom is 0.246 e. The van der Waals surface area contributed by atoms with E-state index in [-0.39, 0.29) is 11.8 Å². The van der Waals surface area contributed by atoms with E-state index in [0.717, 1.165) is 62.0 Å². The third-order valence-corrected chi connectivity index (χ3v) is 6.16. The van der Waals surface area contributed by atoms with Gasteiger partial charge in [0.05, 0.1) is 11.8 Å². The number of aliphatic hydroxyl groups is 1. The zero-order valence-electron chi connectivity index (χ0n) is 17.9. The first-order chi connectivity index (χ1) is 15.4. The SMILES string of the molecule is Cc1cc(Nc2ncn(-c3cc(F)cc(F)c3)n2)cc(N2CCC(N3CCC(O)C3)C2)c1. The monoisotopic (exact) mass is 440 g/mol. The standard InChI is InChI=1S/C23H26F2N6O/c1-15-6-18(27-23-26-14-31(28-23)21-9-16(24)8-17(25)10-21)11-20(7-15)29-4-2-19(12-29)30-5-3-22(32)13-30/h6-11,14,19,22,32H,2-5,12-13H2,1H3,(H,27,28). The molecule has 9 heteroatoms. The van der Waals surface area contributed by atoms with E-state index in [2.05, 4.69) is 37.3 Å². The predicted octanol–water partition coefficient (Wildman–Crippen LogP) is 3.24. The fourth-order valence-electron chi connectivity index (χ4n) is 4.64. The Kier molecular flexibility index (Phi) is 5.52. The number of hydrogen-bond donors (Lipinski definition) is 2. The van der Waals surface area contributed by atoms with Crippen LogP contribution in [-0.4, -0.2) is 63.1 Å². The lowest BCUT2D eigenvalue weighted by molar-refractivity contribution is 0.163. The Balaban J connectivity index is 1.30. The highest BCUT2D eigenvalue weighted by atomic mass is 19.1. The molecule has 32 heavy (non-hydrogen) atoms. The van der Waals surface area contributed by atoms with Crippen LogP contribution in [0.4, 0.5) is 26.1 Å². The summed E-state index contributed by atoms with van der Waals surface area (Å²) < 4.78 is 28.4. The molecule has 2 atom stereocenters. The quantitative estimate of drug-likeness (QED) is 0.635. The molecule has 2 saturated heterocycles. The van der Waals surface area contributed by atoms with Crippen LogP contribution in [-0.2, 0) is 0 Å². The normalized spacial score (nSPS) is 21.4. The van der Waals surface area contributed by atoms with E-state index in [9.17, 15) is 13.9 Å². The molecular formula is C23H26F2N6O. The second kappa shape index (κ2) is 8.48. The second-order valence-corrected chi connectivity index (χ2v) is 8.65. The van der Waals surface area contributed by atoms with Gasteiger partial charge in [0.25, 0.3) is 0 Å². The van der Waals surface area contributed by atoms with E-state index >= 15 is 0 Å². The number of nitrogens with one attached hydrogen (secondary N) is 1. The van der Waals surface area contributed by atoms with Crippen LogP contribution >= 0.6 is 0 Å². The minimum absolute atomic E-state index is 0.199. The first kappa shape index (κ1) is 20.8. The summed E-state index contributed by atoms with van der Waals surface area (Å²) in [5, 5.41) is 17.3. The molecule has 168 valence electrons. The molecule has 3 aromatic rings. The van der Waals surface area contributed by atoms with E-state index in [4.69, 9.17) is 0 Å². The maximum absolute atomic E-state index is 13.5. The lowest BCUT2D eigenvalue weighted by Gasteiger charge is -2.25. The van der Waals surface area contributed by atoms with Crippen molar-refractivity contribution in [3.05, 3.63) is 59.9 Å². The van der Waals surface area contributed by atoms with Crippen molar-refractivity contribution in [2.45, 2.75) is 31.9 Å². The number of likely N-dealkylation sites (tertiary alicyclic amines) is 1. The molecule has 3 heterocycles. The van der Waals surface area contributed by atoms with Crippen LogP contribution in [0.5, 0.6) is 0 Å². The Labute approximate surface area is 185 Å². The van der Waals surface area contributed by atoms with Gasteiger partial charge in [-0.2, -0.15) is 4.98 Å². The van der Waals surface area contributed by atoms with Gasteiger partial charge in [0.2, 0.25) is 5.95 Å². The summed E-state index contributed by atoms with van der Waals surface area (Å²) in [5.41, 5.74) is 3.35. The number of rotatable bonds is 5. The molecule has 0 aliphatic carbocycles. The molecule has 5 rings (SSSR count). The summed E-state index contributed by atoms with van der Waals surface area (Å²) in [7, 11) is 0. The van der Waals surface area contributed by atoms with Crippen molar-refractivity contribution in [3.63, 3.8) is 0 Å². The number of aromatic nitrogens is 3. The number of aliphatic hydroxyl groups excluding tert-OH is 1. The highest BCUT2D eigenvalue weighted by Gasteiger charge is 2.32. The van der Waals surface area contributed by atoms with E-state index in [0.29, 0.717) is 12.0 Å². The molecule has 7 nitrogen and oxygen atoms in total. The summed E-state index contributed by atoms with van der Waals surface area (Å²) in [6, 6.07) is 9.93. The molecule has 0 bridgehead atoms. The highest BCUT2D eigenvalue weighted by molar-refractivity contribution is 5.64. The number of halogens is 2. The fourth-order valence-corrected chi connectivity index (χ4v) is 4.64. The molecule has 2 aliphatic heterocycles. The topological polar surface area (TPSA) is 69.5 Å². The molecular weight excluding hydrogens is 414 g/mol. The van der Waals surface area contributed by atoms with E-state index in [1.807, 2.05) is 13.0 Å². The van der Waals surface area contributed by atoms with Gasteiger partial charge >= 0.3 is 0 Å². The number of β-amino-alcohol motifs (C(OH)–C–C–N with tert-alkyl or cyclic N) is 1. The van der Waals surface area contributed by atoms with Gasteiger partial charge in [-0.05, 0) is 55.7 Å². The summed E-state index contributed by atoms with van der Waals surface area (Å²) in [6.45, 7) is 5.68. The van der Waals surface area contributed by atoms with Crippen LogP contribution in [0.25, 0.3) is 5.69 Å². The zero-order chi connectivity index (χ0) is 22.2. The van der Waals surface area contributed by atoms with Gasteiger partial charge in [0, 0.05) is 49.7 Å². The lowest BCUT2D eigenvalue weighted by atomic mass is 10.2. The van der Waals surface area contributed by atoms with Crippen LogP contribution in [0, 0.1) is 18.6 Å². The Bertz CT molecular complexity index is 1100. The molecule has 0 amide bonds. The Morgan fingerprint density at radius 2 is 1.78 bits per heavy atom. The third kappa shape index (κ3) is 4.44. The molecule has 2 aliphatic rings. The van der Waals surface area contributed by atoms with E-state index in [1.165, 1.54) is 23.1 Å². The van der Waals surface area contributed by atoms with Gasteiger partial charge in [0.15, 0.2) is 0 Å². The Hall–Kier alpha value is -3.04. The van der Waals surface area contributed by atoms with Crippen LogP contribution < -0.4 is 10.2 Å². The minimum atomic E-state index is -0.666. The van der Waals surface area contributed by atoms with Crippen LogP contribution in [0.1, 0.15) is 18.4 Å². The van der Waals surface area contributed by atoms with Crippen molar-refractivity contribution in [2.24, 2.45) is 0 Å². The van der Waals surface area contributed by atoms with Gasteiger partial charge in [-0.1, -0.05) is 0 Å². The van der Waals surface area contributed by atoms with Gasteiger partial charge < -0.3 is 15.3 Å². The van der Waals surface area contributed by atoms with E-state index in [1.54, 1.807) is 0 Å². The molecule has 2 aromatic carbocycles. The van der Waals surface area contributed by atoms with Crippen molar-refractivity contribution in [3.8, 4) is 5.69 Å². The number of nitrogens with zero attached hydrogens (tertiary/aromatic N) is 5. The third-order valence-electron chi connectivity index (χ3n) is 6.16. The van der Waals surface area contributed by atoms with Crippen molar-refractivity contribution in [2.75, 3.05) is 36.4 Å². The van der Waals surface area contributed by atoms with Gasteiger partial charge in [0.1, 0.15) is 18.0 Å². The van der Waals surface area contributed by atoms with Crippen LogP contribution in [0.15, 0.2) is 42.7 Å². The molecule has 2 fully saturated rings. The molecule has 0 spiro atoms. The smallest absolute Gasteiger partial charge is 0.246 e.